The van der Waals surface area contributed by atoms with Crippen LogP contribution in [0.5, 0.6) is 0 Å². The van der Waals surface area contributed by atoms with Gasteiger partial charge in [-0.15, -0.1) is 0 Å². The smallest absolute Gasteiger partial charge is 0.407 e. The molecule has 7 nitrogen and oxygen atoms in total. The fourth-order valence-corrected chi connectivity index (χ4v) is 5.25. The van der Waals surface area contributed by atoms with Crippen molar-refractivity contribution < 1.29 is 9.53 Å². The van der Waals surface area contributed by atoms with Gasteiger partial charge in [0.15, 0.2) is 0 Å². The number of hydrogen-bond acceptors (Lipinski definition) is 7. The number of ether oxygens (including phenoxy) is 1. The maximum Gasteiger partial charge on any atom is 0.407 e. The maximum atomic E-state index is 12.2. The minimum absolute atomic E-state index is 0.241. The van der Waals surface area contributed by atoms with Gasteiger partial charge in [0.1, 0.15) is 6.61 Å². The predicted molar refractivity (Wildman–Crippen MR) is 169 cm³/mol. The van der Waals surface area contributed by atoms with Gasteiger partial charge in [-0.2, -0.15) is 0 Å². The van der Waals surface area contributed by atoms with Gasteiger partial charge in [0.25, 0.3) is 0 Å². The minimum atomic E-state index is -0.430. The van der Waals surface area contributed by atoms with Crippen molar-refractivity contribution in [2.75, 3.05) is 28.4 Å². The zero-order valence-corrected chi connectivity index (χ0v) is 24.7. The average Bonchev–Trinajstić information content (AvgIpc) is 2.95. The molecule has 3 rings (SSSR count). The first-order valence-corrected chi connectivity index (χ1v) is 14.9. The van der Waals surface area contributed by atoms with Crippen molar-refractivity contribution in [1.82, 2.24) is 5.32 Å². The molecule has 0 heterocycles. The molecule has 0 fully saturated rings. The number of carbonyl (C=O) groups excluding carboxylic acids is 1. The summed E-state index contributed by atoms with van der Waals surface area (Å²) in [5.41, 5.74) is 11.3. The van der Waals surface area contributed by atoms with E-state index in [1.54, 1.807) is 11.9 Å². The number of anilines is 3. The van der Waals surface area contributed by atoms with Crippen LogP contribution in [0.25, 0.3) is 0 Å². The minimum Gasteiger partial charge on any atom is -0.445 e. The van der Waals surface area contributed by atoms with Crippen molar-refractivity contribution in [3.8, 4) is 0 Å². The highest BCUT2D eigenvalue weighted by Gasteiger charge is 2.15. The summed E-state index contributed by atoms with van der Waals surface area (Å²) in [4.78, 5) is 13.2. The van der Waals surface area contributed by atoms with E-state index in [0.29, 0.717) is 37.0 Å². The number of hydrogen-bond donors (Lipinski definition) is 4. The molecule has 0 spiro atoms. The summed E-state index contributed by atoms with van der Waals surface area (Å²) < 4.78 is 7.50. The maximum absolute atomic E-state index is 12.2. The van der Waals surface area contributed by atoms with Gasteiger partial charge < -0.3 is 30.8 Å². The molecule has 40 heavy (non-hydrogen) atoms. The number of carbonyl (C=O) groups is 1. The van der Waals surface area contributed by atoms with E-state index < -0.39 is 6.09 Å². The highest BCUT2D eigenvalue weighted by atomic mass is 32.2. The standard InChI is InChI=1S/C32H43N5O2S/c1-4-5-7-13-24(2)36-30-19-18-27(22-28(30)25(3)33)37(40-31-17-11-10-16-29(31)34)21-12-20-35-32(38)39-23-26-14-8-6-9-15-26/h6,8-11,14-19,22,24,33,36H,4-5,7,12-13,20-21,23,34H2,1-3H3,(H,35,38). The molecule has 0 radical (unpaired) electrons. The van der Waals surface area contributed by atoms with Crippen LogP contribution >= 0.6 is 11.9 Å². The molecular formula is C32H43N5O2S. The molecule has 0 bridgehead atoms. The van der Waals surface area contributed by atoms with E-state index in [4.69, 9.17) is 15.9 Å². The second-order valence-electron chi connectivity index (χ2n) is 9.97. The van der Waals surface area contributed by atoms with Crippen molar-refractivity contribution in [3.05, 3.63) is 83.9 Å². The Bertz CT molecular complexity index is 1220. The first-order valence-electron chi connectivity index (χ1n) is 14.1. The highest BCUT2D eigenvalue weighted by Crippen LogP contribution is 2.34. The highest BCUT2D eigenvalue weighted by molar-refractivity contribution is 8.00. The van der Waals surface area contributed by atoms with Gasteiger partial charge >= 0.3 is 6.09 Å². The lowest BCUT2D eigenvalue weighted by molar-refractivity contribution is 0.139. The average molecular weight is 562 g/mol. The molecule has 5 N–H and O–H groups in total. The number of para-hydroxylation sites is 1. The summed E-state index contributed by atoms with van der Waals surface area (Å²) in [6.45, 7) is 7.61. The third-order valence-electron chi connectivity index (χ3n) is 6.49. The van der Waals surface area contributed by atoms with E-state index in [0.717, 1.165) is 33.8 Å². The second-order valence-corrected chi connectivity index (χ2v) is 11.0. The zero-order chi connectivity index (χ0) is 28.7. The van der Waals surface area contributed by atoms with Crippen LogP contribution in [0, 0.1) is 5.41 Å². The molecule has 0 aliphatic heterocycles. The van der Waals surface area contributed by atoms with Crippen LogP contribution in [-0.2, 0) is 11.3 Å². The predicted octanol–water partition coefficient (Wildman–Crippen LogP) is 7.87. The van der Waals surface area contributed by atoms with Gasteiger partial charge in [-0.05, 0) is 74.5 Å². The van der Waals surface area contributed by atoms with Gasteiger partial charge in [-0.3, -0.25) is 0 Å². The third kappa shape index (κ3) is 10.2. The van der Waals surface area contributed by atoms with E-state index in [9.17, 15) is 4.79 Å². The lowest BCUT2D eigenvalue weighted by Gasteiger charge is -2.26. The van der Waals surface area contributed by atoms with Crippen LogP contribution in [0.4, 0.5) is 21.9 Å². The quantitative estimate of drug-likeness (QED) is 0.0614. The summed E-state index contributed by atoms with van der Waals surface area (Å²) in [5, 5.41) is 14.9. The zero-order valence-electron chi connectivity index (χ0n) is 23.9. The molecule has 0 saturated carbocycles. The Morgan fingerprint density at radius 2 is 1.80 bits per heavy atom. The van der Waals surface area contributed by atoms with Gasteiger partial charge in [-0.25, -0.2) is 4.79 Å². The lowest BCUT2D eigenvalue weighted by atomic mass is 10.1. The number of benzene rings is 3. The Morgan fingerprint density at radius 3 is 2.52 bits per heavy atom. The molecule has 1 atom stereocenters. The van der Waals surface area contributed by atoms with E-state index in [2.05, 4.69) is 47.0 Å². The molecule has 0 aromatic heterocycles. The number of nitrogens with zero attached hydrogens (tertiary/aromatic N) is 1. The largest absolute Gasteiger partial charge is 0.445 e. The summed E-state index contributed by atoms with van der Waals surface area (Å²) in [6, 6.07) is 24.0. The summed E-state index contributed by atoms with van der Waals surface area (Å²) in [5.74, 6) is 0. The third-order valence-corrected chi connectivity index (χ3v) is 7.67. The molecule has 0 saturated heterocycles. The molecule has 3 aromatic carbocycles. The molecular weight excluding hydrogens is 518 g/mol. The number of nitrogens with one attached hydrogen (secondary N) is 3. The van der Waals surface area contributed by atoms with Crippen molar-refractivity contribution >= 4 is 40.8 Å². The molecule has 214 valence electrons. The SMILES string of the molecule is CCCCCC(C)Nc1ccc(N(CCCNC(=O)OCc2ccccc2)Sc2ccccc2N)cc1C(C)=N. The monoisotopic (exact) mass is 561 g/mol. The lowest BCUT2D eigenvalue weighted by Crippen LogP contribution is -2.28. The summed E-state index contributed by atoms with van der Waals surface area (Å²) >= 11 is 1.56. The number of rotatable bonds is 16. The number of nitrogens with two attached hydrogens (primary N) is 1. The van der Waals surface area contributed by atoms with E-state index in [1.807, 2.05) is 61.5 Å². The first kappa shape index (κ1) is 30.9. The summed E-state index contributed by atoms with van der Waals surface area (Å²) in [7, 11) is 0. The van der Waals surface area contributed by atoms with Gasteiger partial charge in [0.05, 0.1) is 4.90 Å². The molecule has 0 aliphatic carbocycles. The number of unbranched alkanes of at least 4 members (excludes halogenated alkanes) is 2. The van der Waals surface area contributed by atoms with Crippen LogP contribution in [0.3, 0.4) is 0 Å². The topological polar surface area (TPSA) is 103 Å². The Balaban J connectivity index is 1.67. The molecule has 1 amide bonds. The second kappa shape index (κ2) is 16.5. The molecule has 8 heteroatoms. The Labute approximate surface area is 243 Å². The first-order chi connectivity index (χ1) is 19.4. The Hall–Kier alpha value is -3.65. The van der Waals surface area contributed by atoms with Crippen molar-refractivity contribution in [1.29, 1.82) is 5.41 Å². The fourth-order valence-electron chi connectivity index (χ4n) is 4.26. The summed E-state index contributed by atoms with van der Waals surface area (Å²) in [6.07, 6.45) is 5.00. The van der Waals surface area contributed by atoms with Gasteiger partial charge in [0.2, 0.25) is 0 Å². The Kier molecular flexibility index (Phi) is 12.7. The van der Waals surface area contributed by atoms with Gasteiger partial charge in [0, 0.05) is 47.5 Å². The van der Waals surface area contributed by atoms with E-state index in [-0.39, 0.29) is 6.61 Å². The van der Waals surface area contributed by atoms with Crippen LogP contribution in [0.15, 0.2) is 77.7 Å². The fraction of sp³-hybridized carbons (Fsp3) is 0.375. The van der Waals surface area contributed by atoms with Crippen molar-refractivity contribution in [2.45, 2.75) is 70.4 Å². The van der Waals surface area contributed by atoms with Gasteiger partial charge in [-0.1, -0.05) is 68.7 Å². The van der Waals surface area contributed by atoms with Crippen LogP contribution in [-0.4, -0.2) is 30.9 Å². The number of nitrogen functional groups attached to an aromatic ring is 1. The molecule has 0 aliphatic rings. The van der Waals surface area contributed by atoms with Crippen molar-refractivity contribution in [3.63, 3.8) is 0 Å². The number of alkyl carbamates (subject to hydrolysis) is 1. The van der Waals surface area contributed by atoms with E-state index in [1.165, 1.54) is 19.3 Å². The van der Waals surface area contributed by atoms with Crippen LogP contribution in [0.1, 0.15) is 64.0 Å². The Morgan fingerprint density at radius 1 is 1.05 bits per heavy atom. The normalized spacial score (nSPS) is 11.5. The molecule has 1 unspecified atom stereocenters. The number of amides is 1. The molecule has 3 aromatic rings. The van der Waals surface area contributed by atoms with Crippen molar-refractivity contribution in [2.24, 2.45) is 0 Å². The van der Waals surface area contributed by atoms with Crippen LogP contribution in [0.2, 0.25) is 0 Å². The van der Waals surface area contributed by atoms with E-state index >= 15 is 0 Å². The van der Waals surface area contributed by atoms with Crippen LogP contribution < -0.4 is 20.7 Å².